The van der Waals surface area contributed by atoms with Crippen LogP contribution in [0.2, 0.25) is 5.15 Å². The Hall–Kier alpha value is -6.26. The van der Waals surface area contributed by atoms with E-state index in [1.807, 2.05) is 74.6 Å². The minimum absolute atomic E-state index is 0. The van der Waals surface area contributed by atoms with Gasteiger partial charge in [0.1, 0.15) is 46.3 Å². The fraction of sp³-hybridized carbons (Fsp3) is 0.391. The number of nitrogens with zero attached hydrogens (tertiary/aromatic N) is 6. The zero-order valence-electron chi connectivity index (χ0n) is 39.1. The van der Waals surface area contributed by atoms with Crippen LogP contribution in [0.4, 0.5) is 36.4 Å². The SMILES string of the molecule is CC(C)COc1cc(F)cc(-c2nc(N3C[C@@H](C)CC3(C)C)c(C(=O)NS(=O)(=O)c3cccc(N)n3)cc2F)c1.C[C@@H]1CN(c2nc(Cl)c(F)cc2C(=O)NS(=O)(=O)c2cccc(N)n2)C(C)(C)C1.[HH].[HH].[HH].[HH].[HH].[HH]. The molecule has 23 heteroatoms. The van der Waals surface area contributed by atoms with E-state index in [1.165, 1.54) is 48.5 Å². The summed E-state index contributed by atoms with van der Waals surface area (Å²) in [6, 6.07) is 13.6. The Morgan fingerprint density at radius 2 is 1.22 bits per heavy atom. The summed E-state index contributed by atoms with van der Waals surface area (Å²) in [5, 5.41) is -1.28. The van der Waals surface area contributed by atoms with E-state index >= 15 is 4.39 Å². The average Bonchev–Trinajstić information content (AvgIpc) is 3.69. The molecule has 2 aliphatic rings. The third-order valence-electron chi connectivity index (χ3n) is 11.2. The lowest BCUT2D eigenvalue weighted by Gasteiger charge is -2.34. The molecule has 2 aliphatic heterocycles. The summed E-state index contributed by atoms with van der Waals surface area (Å²) in [6.45, 7) is 17.2. The predicted octanol–water partition coefficient (Wildman–Crippen LogP) is 8.85. The minimum atomic E-state index is -4.44. The quantitative estimate of drug-likeness (QED) is 0.0853. The number of hydrogen-bond acceptors (Lipinski definition) is 15. The van der Waals surface area contributed by atoms with Crippen molar-refractivity contribution in [3.05, 3.63) is 100 Å². The van der Waals surface area contributed by atoms with Crippen molar-refractivity contribution < 1.29 is 52.9 Å². The van der Waals surface area contributed by atoms with Gasteiger partial charge >= 0.3 is 0 Å². The molecule has 0 bridgehead atoms. The van der Waals surface area contributed by atoms with Crippen LogP contribution in [0.1, 0.15) is 97.5 Å². The molecule has 0 unspecified atom stereocenters. The molecule has 0 spiro atoms. The van der Waals surface area contributed by atoms with Crippen LogP contribution in [0, 0.1) is 35.2 Å². The number of halogens is 4. The molecule has 0 radical (unpaired) electrons. The highest BCUT2D eigenvalue weighted by Crippen LogP contribution is 2.41. The van der Waals surface area contributed by atoms with Gasteiger partial charge in [-0.15, -0.1) is 0 Å². The number of ether oxygens (including phenoxy) is 1. The molecule has 2 fully saturated rings. The fourth-order valence-corrected chi connectivity index (χ4v) is 10.5. The number of hydrogen-bond donors (Lipinski definition) is 4. The van der Waals surface area contributed by atoms with Crippen LogP contribution in [0.25, 0.3) is 11.3 Å². The van der Waals surface area contributed by atoms with Gasteiger partial charge < -0.3 is 26.0 Å². The maximum atomic E-state index is 15.6. The van der Waals surface area contributed by atoms with Gasteiger partial charge in [0.05, 0.1) is 17.7 Å². The fourth-order valence-electron chi connectivity index (χ4n) is 8.47. The van der Waals surface area contributed by atoms with Gasteiger partial charge in [-0.05, 0) is 107 Å². The Morgan fingerprint density at radius 3 is 1.65 bits per heavy atom. The Morgan fingerprint density at radius 1 is 0.754 bits per heavy atom. The van der Waals surface area contributed by atoms with E-state index in [0.29, 0.717) is 25.6 Å². The Balaban J connectivity index is 0.00000141. The van der Waals surface area contributed by atoms with Gasteiger partial charge in [0, 0.05) is 44.4 Å². The van der Waals surface area contributed by atoms with E-state index in [-0.39, 0.29) is 77.3 Å². The van der Waals surface area contributed by atoms with E-state index in [4.69, 9.17) is 27.8 Å². The van der Waals surface area contributed by atoms with Crippen LogP contribution in [0.5, 0.6) is 5.75 Å². The third kappa shape index (κ3) is 12.1. The number of pyridine rings is 4. The summed E-state index contributed by atoms with van der Waals surface area (Å²) in [7, 11) is -8.76. The Kier molecular flexibility index (Phi) is 15.1. The largest absolute Gasteiger partial charge is 0.493 e. The summed E-state index contributed by atoms with van der Waals surface area (Å²) >= 11 is 5.86. The molecule has 2 atom stereocenters. The van der Waals surface area contributed by atoms with Crippen molar-refractivity contribution in [3.63, 3.8) is 0 Å². The first-order valence-electron chi connectivity index (χ1n) is 21.7. The van der Waals surface area contributed by atoms with Crippen molar-refractivity contribution in [2.75, 3.05) is 41.0 Å². The van der Waals surface area contributed by atoms with Gasteiger partial charge in [0.2, 0.25) is 0 Å². The third-order valence-corrected chi connectivity index (χ3v) is 14.0. The minimum Gasteiger partial charge on any atom is -0.493 e. The van der Waals surface area contributed by atoms with E-state index in [0.717, 1.165) is 31.0 Å². The van der Waals surface area contributed by atoms with Gasteiger partial charge in [0.15, 0.2) is 21.0 Å². The molecular formula is C46H66ClF3N10O7S2. The number of nitrogens with one attached hydrogen (secondary N) is 2. The summed E-state index contributed by atoms with van der Waals surface area (Å²) in [6.07, 6.45) is 1.57. The van der Waals surface area contributed by atoms with Crippen LogP contribution in [0.3, 0.4) is 0 Å². The van der Waals surface area contributed by atoms with E-state index in [1.54, 1.807) is 0 Å². The van der Waals surface area contributed by atoms with E-state index in [2.05, 4.69) is 19.9 Å². The Labute approximate surface area is 413 Å². The number of nitrogens with two attached hydrogens (primary N) is 2. The van der Waals surface area contributed by atoms with Gasteiger partial charge in [0.25, 0.3) is 31.9 Å². The molecule has 2 amide bonds. The molecule has 0 saturated carbocycles. The van der Waals surface area contributed by atoms with Crippen LogP contribution in [-0.2, 0) is 20.0 Å². The smallest absolute Gasteiger partial charge is 0.281 e. The van der Waals surface area contributed by atoms with Crippen LogP contribution in [0.15, 0.2) is 76.8 Å². The van der Waals surface area contributed by atoms with Gasteiger partial charge in [-0.3, -0.25) is 9.59 Å². The molecule has 4 aromatic heterocycles. The number of benzene rings is 1. The molecule has 5 aromatic rings. The number of carbonyl (C=O) groups is 2. The summed E-state index contributed by atoms with van der Waals surface area (Å²) in [4.78, 5) is 45.9. The predicted molar refractivity (Wildman–Crippen MR) is 269 cm³/mol. The molecule has 2 saturated heterocycles. The number of anilines is 4. The topological polar surface area (TPSA) is 246 Å². The van der Waals surface area contributed by atoms with Crippen LogP contribution >= 0.6 is 11.6 Å². The first-order valence-corrected chi connectivity index (χ1v) is 25.1. The van der Waals surface area contributed by atoms with Gasteiger partial charge in [-0.2, -0.15) is 16.8 Å². The monoisotopic (exact) mass is 1030 g/mol. The molecule has 1 aromatic carbocycles. The second kappa shape index (κ2) is 20.0. The number of rotatable bonds is 12. The number of nitrogen functional groups attached to an aromatic ring is 2. The number of sulfonamides is 2. The first-order chi connectivity index (χ1) is 32.1. The molecule has 17 nitrogen and oxygen atoms in total. The molecule has 6 heterocycles. The Bertz CT molecular complexity index is 3050. The normalized spacial score (nSPS) is 17.6. The molecule has 382 valence electrons. The molecule has 6 N–H and O–H groups in total. The lowest BCUT2D eigenvalue weighted by atomic mass is 9.97. The first kappa shape index (κ1) is 52.1. The summed E-state index contributed by atoms with van der Waals surface area (Å²) in [5.41, 5.74) is 9.65. The van der Waals surface area contributed by atoms with E-state index < -0.39 is 70.1 Å². The van der Waals surface area contributed by atoms with Crippen molar-refractivity contribution in [1.29, 1.82) is 0 Å². The maximum absolute atomic E-state index is 15.6. The van der Waals surface area contributed by atoms with Crippen molar-refractivity contribution in [1.82, 2.24) is 29.4 Å². The highest BCUT2D eigenvalue weighted by Gasteiger charge is 2.41. The molecule has 0 aliphatic carbocycles. The molecular weight excluding hydrogens is 961 g/mol. The number of carbonyl (C=O) groups excluding carboxylic acids is 2. The standard InChI is InChI=1S/C28H33F2N5O4S.C18H21ClFN5O3S.6H2/c1-16(2)15-39-20-10-18(9-19(29)11-20)25-22(30)12-21(26(33-25)35-14-17(3)13-28(35,4)5)27(36)34-40(37,38)24-8-6-7-23(31)32-24;1-10-8-18(2,3)25(9-10)16-11(7-12(20)15(19)23-16)17(26)24-29(27,28)14-6-4-5-13(21)22-14;;;;;;/h6-12,16-17H,13-15H2,1-5H3,(H2,31,32)(H,34,36);4-7,10H,8-9H2,1-3H3,(H2,21,22)(H,24,26);6*1H/t17-;10-;;;;;;/m00....../s1. The lowest BCUT2D eigenvalue weighted by Crippen LogP contribution is -2.41. The van der Waals surface area contributed by atoms with Crippen molar-refractivity contribution in [3.8, 4) is 17.0 Å². The number of aromatic nitrogens is 4. The second-order valence-electron chi connectivity index (χ2n) is 18.8. The molecule has 69 heavy (non-hydrogen) atoms. The highest BCUT2D eigenvalue weighted by atomic mass is 35.5. The maximum Gasteiger partial charge on any atom is 0.281 e. The second-order valence-corrected chi connectivity index (χ2v) is 22.5. The summed E-state index contributed by atoms with van der Waals surface area (Å²) in [5.74, 6) is -3.59. The molecule has 7 rings (SSSR count). The van der Waals surface area contributed by atoms with Gasteiger partial charge in [-0.25, -0.2) is 42.6 Å². The summed E-state index contributed by atoms with van der Waals surface area (Å²) < 4.78 is 105. The van der Waals surface area contributed by atoms with Crippen molar-refractivity contribution in [2.24, 2.45) is 17.8 Å². The number of amides is 2. The lowest BCUT2D eigenvalue weighted by molar-refractivity contribution is 0.0972. The zero-order chi connectivity index (χ0) is 51.0. The average molecular weight is 1030 g/mol. The van der Waals surface area contributed by atoms with Crippen molar-refractivity contribution in [2.45, 2.75) is 89.4 Å². The van der Waals surface area contributed by atoms with Crippen LogP contribution in [-0.4, -0.2) is 79.4 Å². The van der Waals surface area contributed by atoms with E-state index in [9.17, 15) is 35.2 Å². The van der Waals surface area contributed by atoms with Crippen LogP contribution < -0.4 is 35.4 Å². The van der Waals surface area contributed by atoms with Crippen molar-refractivity contribution >= 4 is 66.7 Å². The van der Waals surface area contributed by atoms with Gasteiger partial charge in [-0.1, -0.05) is 51.4 Å². The highest BCUT2D eigenvalue weighted by molar-refractivity contribution is 7.90. The zero-order valence-corrected chi connectivity index (χ0v) is 41.5.